The highest BCUT2D eigenvalue weighted by atomic mass is 19.1. The Bertz CT molecular complexity index is 628. The fraction of sp³-hybridized carbons (Fsp3) is 0.188. The first-order chi connectivity index (χ1) is 9.30. The van der Waals surface area contributed by atoms with Crippen molar-refractivity contribution in [3.8, 4) is 0 Å². The molecule has 2 aromatic rings. The van der Waals surface area contributed by atoms with Gasteiger partial charge in [-0.15, -0.1) is 0 Å². The predicted octanol–water partition coefficient (Wildman–Crippen LogP) is 3.71. The minimum atomic E-state index is -0.895. The quantitative estimate of drug-likeness (QED) is 0.685. The number of ketones is 1. The minimum absolute atomic E-state index is 0.0179. The highest BCUT2D eigenvalue weighted by Crippen LogP contribution is 2.28. The summed E-state index contributed by atoms with van der Waals surface area (Å²) in [5.74, 6) is -1.87. The van der Waals surface area contributed by atoms with Gasteiger partial charge in [0.05, 0.1) is 5.41 Å². The van der Waals surface area contributed by atoms with Crippen LogP contribution in [-0.2, 0) is 5.41 Å². The van der Waals surface area contributed by atoms with Gasteiger partial charge < -0.3 is 5.73 Å². The summed E-state index contributed by atoms with van der Waals surface area (Å²) in [6, 6.07) is 9.70. The topological polar surface area (TPSA) is 43.1 Å². The molecule has 2 rings (SSSR count). The third-order valence-electron chi connectivity index (χ3n) is 3.32. The lowest BCUT2D eigenvalue weighted by Gasteiger charge is -2.24. The maximum absolute atomic E-state index is 13.2. The second-order valence-electron chi connectivity index (χ2n) is 5.23. The molecule has 0 aliphatic carbocycles. The van der Waals surface area contributed by atoms with Crippen LogP contribution in [0, 0.1) is 11.6 Å². The zero-order valence-corrected chi connectivity index (χ0v) is 11.3. The number of Topliss-reactive ketones (excluding diaryl/α,β-unsaturated/α-hetero) is 1. The Hall–Kier alpha value is -2.23. The normalized spacial score (nSPS) is 11.4. The van der Waals surface area contributed by atoms with E-state index in [1.54, 1.807) is 38.1 Å². The fourth-order valence-corrected chi connectivity index (χ4v) is 2.08. The lowest BCUT2D eigenvalue weighted by molar-refractivity contribution is 0.0908. The maximum Gasteiger partial charge on any atom is 0.173 e. The number of rotatable bonds is 3. The number of benzene rings is 2. The third kappa shape index (κ3) is 2.69. The Balaban J connectivity index is 2.42. The number of carbonyl (C=O) groups is 1. The van der Waals surface area contributed by atoms with Crippen molar-refractivity contribution in [1.29, 1.82) is 0 Å². The summed E-state index contributed by atoms with van der Waals surface area (Å²) in [5.41, 5.74) is 6.06. The molecule has 0 saturated carbocycles. The van der Waals surface area contributed by atoms with E-state index in [9.17, 15) is 13.6 Å². The Kier molecular flexibility index (Phi) is 3.57. The molecule has 0 atom stereocenters. The van der Waals surface area contributed by atoms with Gasteiger partial charge in [0.15, 0.2) is 5.78 Å². The van der Waals surface area contributed by atoms with Crippen molar-refractivity contribution in [2.24, 2.45) is 0 Å². The van der Waals surface area contributed by atoms with Gasteiger partial charge in [0.25, 0.3) is 0 Å². The molecule has 0 saturated heterocycles. The van der Waals surface area contributed by atoms with Crippen LogP contribution in [0.4, 0.5) is 14.5 Å². The maximum atomic E-state index is 13.2. The van der Waals surface area contributed by atoms with Crippen LogP contribution in [0.1, 0.15) is 29.8 Å². The van der Waals surface area contributed by atoms with Crippen molar-refractivity contribution >= 4 is 11.5 Å². The van der Waals surface area contributed by atoms with Crippen LogP contribution in [-0.4, -0.2) is 5.78 Å². The van der Waals surface area contributed by atoms with E-state index in [4.69, 9.17) is 5.73 Å². The summed E-state index contributed by atoms with van der Waals surface area (Å²) in [4.78, 5) is 12.5. The van der Waals surface area contributed by atoms with E-state index in [2.05, 4.69) is 0 Å². The number of nitrogens with two attached hydrogens (primary N) is 1. The summed E-state index contributed by atoms with van der Waals surface area (Å²) >= 11 is 0. The molecule has 0 fully saturated rings. The van der Waals surface area contributed by atoms with Gasteiger partial charge in [-0.3, -0.25) is 4.79 Å². The molecule has 2 N–H and O–H groups in total. The van der Waals surface area contributed by atoms with Crippen molar-refractivity contribution in [3.05, 3.63) is 65.2 Å². The standard InChI is InChI=1S/C16H15F2NO/c1-16(2,11-3-5-14(19)6-4-11)15(20)10-7-12(17)9-13(18)8-10/h3-9H,19H2,1-2H3. The molecule has 0 aromatic heterocycles. The van der Waals surface area contributed by atoms with E-state index in [-0.39, 0.29) is 11.3 Å². The second kappa shape index (κ2) is 5.04. The summed E-state index contributed by atoms with van der Waals surface area (Å²) < 4.78 is 26.4. The molecule has 2 nitrogen and oxygen atoms in total. The van der Waals surface area contributed by atoms with Crippen molar-refractivity contribution in [1.82, 2.24) is 0 Å². The predicted molar refractivity (Wildman–Crippen MR) is 74.6 cm³/mol. The Morgan fingerprint density at radius 1 is 1.00 bits per heavy atom. The van der Waals surface area contributed by atoms with Crippen molar-refractivity contribution in [2.75, 3.05) is 5.73 Å². The summed E-state index contributed by atoms with van der Waals surface area (Å²) in [7, 11) is 0. The molecule has 0 radical (unpaired) electrons. The van der Waals surface area contributed by atoms with Gasteiger partial charge >= 0.3 is 0 Å². The molecule has 20 heavy (non-hydrogen) atoms. The number of hydrogen-bond donors (Lipinski definition) is 1. The van der Waals surface area contributed by atoms with E-state index in [0.717, 1.165) is 23.8 Å². The van der Waals surface area contributed by atoms with E-state index < -0.39 is 17.0 Å². The minimum Gasteiger partial charge on any atom is -0.399 e. The third-order valence-corrected chi connectivity index (χ3v) is 3.32. The summed E-state index contributed by atoms with van der Waals surface area (Å²) in [6.45, 7) is 3.42. The number of carbonyl (C=O) groups excluding carboxylic acids is 1. The SMILES string of the molecule is CC(C)(C(=O)c1cc(F)cc(F)c1)c1ccc(N)cc1. The fourth-order valence-electron chi connectivity index (χ4n) is 2.08. The first-order valence-corrected chi connectivity index (χ1v) is 6.17. The Morgan fingerprint density at radius 3 is 2.00 bits per heavy atom. The summed E-state index contributed by atoms with van der Waals surface area (Å²) in [6.07, 6.45) is 0. The highest BCUT2D eigenvalue weighted by molar-refractivity contribution is 6.03. The van der Waals surface area contributed by atoms with Gasteiger partial charge in [0.2, 0.25) is 0 Å². The van der Waals surface area contributed by atoms with Crippen LogP contribution in [0.2, 0.25) is 0 Å². The molecule has 0 aliphatic heterocycles. The monoisotopic (exact) mass is 275 g/mol. The molecule has 2 aromatic carbocycles. The first kappa shape index (κ1) is 14.2. The van der Waals surface area contributed by atoms with Crippen molar-refractivity contribution in [3.63, 3.8) is 0 Å². The number of hydrogen-bond acceptors (Lipinski definition) is 2. The van der Waals surface area contributed by atoms with Crippen LogP contribution >= 0.6 is 0 Å². The van der Waals surface area contributed by atoms with Gasteiger partial charge in [0, 0.05) is 17.3 Å². The molecule has 0 unspecified atom stereocenters. The number of anilines is 1. The Morgan fingerprint density at radius 2 is 1.50 bits per heavy atom. The average Bonchev–Trinajstić information content (AvgIpc) is 2.37. The zero-order valence-electron chi connectivity index (χ0n) is 11.3. The van der Waals surface area contributed by atoms with Gasteiger partial charge in [0.1, 0.15) is 11.6 Å². The van der Waals surface area contributed by atoms with E-state index in [0.29, 0.717) is 5.69 Å². The van der Waals surface area contributed by atoms with E-state index >= 15 is 0 Å². The number of halogens is 2. The number of nitrogen functional groups attached to an aromatic ring is 1. The first-order valence-electron chi connectivity index (χ1n) is 6.17. The van der Waals surface area contributed by atoms with Crippen LogP contribution in [0.3, 0.4) is 0 Å². The lowest BCUT2D eigenvalue weighted by atomic mass is 9.78. The lowest BCUT2D eigenvalue weighted by Crippen LogP contribution is -2.29. The van der Waals surface area contributed by atoms with Crippen LogP contribution in [0.15, 0.2) is 42.5 Å². The van der Waals surface area contributed by atoms with Gasteiger partial charge in [-0.25, -0.2) is 8.78 Å². The smallest absolute Gasteiger partial charge is 0.173 e. The second-order valence-corrected chi connectivity index (χ2v) is 5.23. The zero-order chi connectivity index (χ0) is 14.9. The molecular formula is C16H15F2NO. The molecule has 4 heteroatoms. The molecule has 104 valence electrons. The molecule has 0 heterocycles. The largest absolute Gasteiger partial charge is 0.399 e. The van der Waals surface area contributed by atoms with Gasteiger partial charge in [-0.2, -0.15) is 0 Å². The highest BCUT2D eigenvalue weighted by Gasteiger charge is 2.31. The molecule has 0 aliphatic rings. The van der Waals surface area contributed by atoms with Crippen molar-refractivity contribution < 1.29 is 13.6 Å². The van der Waals surface area contributed by atoms with E-state index in [1.807, 2.05) is 0 Å². The Labute approximate surface area is 116 Å². The van der Waals surface area contributed by atoms with Crippen LogP contribution < -0.4 is 5.73 Å². The molecule has 0 spiro atoms. The van der Waals surface area contributed by atoms with Crippen LogP contribution in [0.5, 0.6) is 0 Å². The summed E-state index contributed by atoms with van der Waals surface area (Å²) in [5, 5.41) is 0. The van der Waals surface area contributed by atoms with Gasteiger partial charge in [-0.1, -0.05) is 12.1 Å². The average molecular weight is 275 g/mol. The van der Waals surface area contributed by atoms with Gasteiger partial charge in [-0.05, 0) is 43.7 Å². The molecule has 0 bridgehead atoms. The molecular weight excluding hydrogens is 260 g/mol. The van der Waals surface area contributed by atoms with E-state index in [1.165, 1.54) is 0 Å². The van der Waals surface area contributed by atoms with Crippen molar-refractivity contribution in [2.45, 2.75) is 19.3 Å². The van der Waals surface area contributed by atoms with Crippen LogP contribution in [0.25, 0.3) is 0 Å². The molecule has 0 amide bonds.